The Morgan fingerprint density at radius 1 is 1.10 bits per heavy atom. The van der Waals surface area contributed by atoms with Crippen LogP contribution in [0.3, 0.4) is 0 Å². The van der Waals surface area contributed by atoms with Crippen LogP contribution >= 0.6 is 0 Å². The molecule has 0 aliphatic heterocycles. The molecule has 5 heteroatoms. The molecule has 0 saturated carbocycles. The average molecular weight is 167 g/mol. The van der Waals surface area contributed by atoms with E-state index in [1.165, 1.54) is 5.70 Å². The molecule has 0 bridgehead atoms. The molecule has 0 atom stereocenters. The fraction of sp³-hybridized carbons (Fsp3) is 0.600. The molecule has 0 aliphatic carbocycles. The van der Waals surface area contributed by atoms with Gasteiger partial charge in [0.05, 0.1) is 8.07 Å². The zero-order valence-electron chi connectivity index (χ0n) is 6.37. The number of hydrogen-bond acceptors (Lipinski definition) is 0. The Kier molecular flexibility index (Phi) is 2.77. The molecule has 0 heterocycles. The van der Waals surface area contributed by atoms with Gasteiger partial charge >= 0.3 is 6.98 Å². The third-order valence-electron chi connectivity index (χ3n) is 0.814. The van der Waals surface area contributed by atoms with Gasteiger partial charge in [0.1, 0.15) is 0 Å². The first-order valence-corrected chi connectivity index (χ1v) is 6.69. The molecule has 0 aliphatic rings. The van der Waals surface area contributed by atoms with Crippen molar-refractivity contribution >= 4 is 15.1 Å². The molecule has 0 radical (unpaired) electrons. The molecular weight excluding hydrogens is 156 g/mol. The SMILES string of the molecule is C[Si](C)(C)C=C[B-](F)(F)F. The van der Waals surface area contributed by atoms with E-state index >= 15 is 0 Å². The van der Waals surface area contributed by atoms with Gasteiger partial charge in [-0.05, 0) is 0 Å². The van der Waals surface area contributed by atoms with Crippen LogP contribution in [-0.4, -0.2) is 15.1 Å². The summed E-state index contributed by atoms with van der Waals surface area (Å²) in [6, 6.07) is 0. The van der Waals surface area contributed by atoms with Gasteiger partial charge in [-0.2, -0.15) is 5.98 Å². The largest absolute Gasteiger partial charge is 0.501 e. The Morgan fingerprint density at radius 3 is 1.60 bits per heavy atom. The third kappa shape index (κ3) is 7.81. The first-order chi connectivity index (χ1) is 4.21. The Bertz CT molecular complexity index is 117. The third-order valence-corrected chi connectivity index (χ3v) is 2.01. The van der Waals surface area contributed by atoms with Crippen molar-refractivity contribution in [1.29, 1.82) is 0 Å². The zero-order valence-corrected chi connectivity index (χ0v) is 7.37. The highest BCUT2D eigenvalue weighted by atomic mass is 28.3. The quantitative estimate of drug-likeness (QED) is 0.554. The van der Waals surface area contributed by atoms with E-state index in [4.69, 9.17) is 0 Å². The predicted molar refractivity (Wildman–Crippen MR) is 41.6 cm³/mol. The van der Waals surface area contributed by atoms with E-state index < -0.39 is 15.1 Å². The van der Waals surface area contributed by atoms with Crippen LogP contribution in [0.2, 0.25) is 19.6 Å². The van der Waals surface area contributed by atoms with Crippen LogP contribution in [0.15, 0.2) is 11.7 Å². The average Bonchev–Trinajstić information content (AvgIpc) is 1.57. The van der Waals surface area contributed by atoms with Crippen LogP contribution < -0.4 is 0 Å². The van der Waals surface area contributed by atoms with Crippen LogP contribution in [-0.2, 0) is 0 Å². The van der Waals surface area contributed by atoms with E-state index in [-0.39, 0.29) is 0 Å². The van der Waals surface area contributed by atoms with Crippen LogP contribution in [0.1, 0.15) is 0 Å². The molecule has 0 fully saturated rings. The summed E-state index contributed by atoms with van der Waals surface area (Å²) >= 11 is 0. The highest BCUT2D eigenvalue weighted by molar-refractivity contribution is 6.82. The first-order valence-electron chi connectivity index (χ1n) is 3.11. The van der Waals surface area contributed by atoms with Crippen molar-refractivity contribution in [2.75, 3.05) is 0 Å². The van der Waals surface area contributed by atoms with Gasteiger partial charge in [0, 0.05) is 0 Å². The van der Waals surface area contributed by atoms with Gasteiger partial charge in [-0.1, -0.05) is 19.6 Å². The van der Waals surface area contributed by atoms with Crippen LogP contribution in [0, 0.1) is 0 Å². The maximum atomic E-state index is 11.6. The van der Waals surface area contributed by atoms with E-state index in [2.05, 4.69) is 0 Å². The minimum absolute atomic E-state index is 0.395. The van der Waals surface area contributed by atoms with Gasteiger partial charge in [0.25, 0.3) is 0 Å². The molecular formula is C5H11BF3Si-. The minimum Gasteiger partial charge on any atom is -0.445 e. The zero-order chi connectivity index (χ0) is 8.41. The van der Waals surface area contributed by atoms with Gasteiger partial charge in [0.2, 0.25) is 0 Å². The molecule has 0 nitrogen and oxygen atoms in total. The Balaban J connectivity index is 4.01. The van der Waals surface area contributed by atoms with Gasteiger partial charge in [0.15, 0.2) is 0 Å². The molecule has 0 rings (SSSR count). The normalized spacial score (nSPS) is 14.6. The molecule has 0 aromatic carbocycles. The molecule has 0 N–H and O–H groups in total. The fourth-order valence-corrected chi connectivity index (χ4v) is 1.19. The Morgan fingerprint density at radius 2 is 1.50 bits per heavy atom. The van der Waals surface area contributed by atoms with Gasteiger partial charge in [-0.25, -0.2) is 0 Å². The van der Waals surface area contributed by atoms with E-state index in [1.807, 2.05) is 19.6 Å². The molecule has 0 aromatic rings. The van der Waals surface area contributed by atoms with Crippen molar-refractivity contribution < 1.29 is 12.9 Å². The molecule has 0 unspecified atom stereocenters. The topological polar surface area (TPSA) is 0 Å². The lowest BCUT2D eigenvalue weighted by Gasteiger charge is -2.12. The number of rotatable bonds is 2. The molecule has 0 spiro atoms. The summed E-state index contributed by atoms with van der Waals surface area (Å²) in [6.07, 6.45) is 0. The highest BCUT2D eigenvalue weighted by Crippen LogP contribution is 2.12. The first kappa shape index (κ1) is 9.81. The molecule has 60 valence electrons. The van der Waals surface area contributed by atoms with Crippen molar-refractivity contribution in [3.8, 4) is 0 Å². The van der Waals surface area contributed by atoms with E-state index in [0.717, 1.165) is 0 Å². The maximum Gasteiger partial charge on any atom is 0.501 e. The number of hydrogen-bond donors (Lipinski definition) is 0. The summed E-state index contributed by atoms with van der Waals surface area (Å²) in [7, 11) is -1.65. The van der Waals surface area contributed by atoms with Crippen LogP contribution in [0.5, 0.6) is 0 Å². The van der Waals surface area contributed by atoms with Gasteiger partial charge in [-0.15, -0.1) is 5.70 Å². The summed E-state index contributed by atoms with van der Waals surface area (Å²) in [5.41, 5.74) is 1.31. The lowest BCUT2D eigenvalue weighted by molar-refractivity contribution is 0.498. The van der Waals surface area contributed by atoms with Gasteiger partial charge < -0.3 is 12.9 Å². The van der Waals surface area contributed by atoms with Crippen molar-refractivity contribution in [2.45, 2.75) is 19.6 Å². The lowest BCUT2D eigenvalue weighted by Crippen LogP contribution is -2.19. The van der Waals surface area contributed by atoms with E-state index in [1.54, 1.807) is 0 Å². The minimum atomic E-state index is -4.71. The smallest absolute Gasteiger partial charge is 0.445 e. The standard InChI is InChI=1S/C5H11BF3Si/c1-10(2,3)5-4-6(7,8)9/h4-5H,1-3H3/q-1. The second-order valence-electron chi connectivity index (χ2n) is 3.35. The molecule has 0 aromatic heterocycles. The van der Waals surface area contributed by atoms with Crippen molar-refractivity contribution in [3.63, 3.8) is 0 Å². The van der Waals surface area contributed by atoms with E-state index in [0.29, 0.717) is 5.98 Å². The summed E-state index contributed by atoms with van der Waals surface area (Å²) in [5.74, 6) is 0.395. The van der Waals surface area contributed by atoms with Crippen molar-refractivity contribution in [2.24, 2.45) is 0 Å². The van der Waals surface area contributed by atoms with Gasteiger partial charge in [-0.3, -0.25) is 0 Å². The Hall–Kier alpha value is -0.188. The Labute approximate surface area is 60.2 Å². The summed E-state index contributed by atoms with van der Waals surface area (Å²) in [6.45, 7) is 0.887. The molecule has 0 saturated heterocycles. The van der Waals surface area contributed by atoms with E-state index in [9.17, 15) is 12.9 Å². The molecule has 0 amide bonds. The predicted octanol–water partition coefficient (Wildman–Crippen LogP) is 2.81. The fourth-order valence-electron chi connectivity index (χ4n) is 0.398. The monoisotopic (exact) mass is 167 g/mol. The second kappa shape index (κ2) is 2.82. The number of halogens is 3. The van der Waals surface area contributed by atoms with Crippen LogP contribution in [0.25, 0.3) is 0 Å². The van der Waals surface area contributed by atoms with Crippen molar-refractivity contribution in [3.05, 3.63) is 11.7 Å². The maximum absolute atomic E-state index is 11.6. The lowest BCUT2D eigenvalue weighted by atomic mass is 9.93. The summed E-state index contributed by atoms with van der Waals surface area (Å²) in [4.78, 5) is 0. The summed E-state index contributed by atoms with van der Waals surface area (Å²) < 4.78 is 34.8. The summed E-state index contributed by atoms with van der Waals surface area (Å²) in [5, 5.41) is 0. The van der Waals surface area contributed by atoms with Crippen LogP contribution in [0.4, 0.5) is 12.9 Å². The molecule has 10 heavy (non-hydrogen) atoms. The highest BCUT2D eigenvalue weighted by Gasteiger charge is 2.19. The van der Waals surface area contributed by atoms with Crippen molar-refractivity contribution in [1.82, 2.24) is 0 Å². The second-order valence-corrected chi connectivity index (χ2v) is 8.42.